The maximum Gasteiger partial charge on any atom is 0.254 e. The van der Waals surface area contributed by atoms with Crippen LogP contribution in [0.25, 0.3) is 11.1 Å². The number of benzene rings is 1. The van der Waals surface area contributed by atoms with E-state index in [0.29, 0.717) is 0 Å². The van der Waals surface area contributed by atoms with E-state index in [-0.39, 0.29) is 11.9 Å². The van der Waals surface area contributed by atoms with Crippen molar-refractivity contribution in [2.45, 2.75) is 25.3 Å². The van der Waals surface area contributed by atoms with Crippen molar-refractivity contribution >= 4 is 5.91 Å². The minimum atomic E-state index is 0.000761. The summed E-state index contributed by atoms with van der Waals surface area (Å²) in [6.07, 6.45) is 8.69. The highest BCUT2D eigenvalue weighted by atomic mass is 16.2. The molecular weight excluding hydrogens is 324 g/mol. The lowest BCUT2D eigenvalue weighted by molar-refractivity contribution is 0.0606. The standard InChI is InChI=1S/C21H22N4O/c1-24-15-18(16-10-12-22-13-11-16)20(23-24)19-9-5-6-14-25(19)21(26)17-7-3-2-4-8-17/h2-4,7-8,10-13,15,19H,5-6,9,14H2,1H3. The maximum atomic E-state index is 13.1. The van der Waals surface area contributed by atoms with Gasteiger partial charge >= 0.3 is 0 Å². The first-order chi connectivity index (χ1) is 12.7. The molecule has 1 saturated heterocycles. The lowest BCUT2D eigenvalue weighted by Crippen LogP contribution is -2.39. The molecule has 0 N–H and O–H groups in total. The summed E-state index contributed by atoms with van der Waals surface area (Å²) in [6, 6.07) is 13.5. The van der Waals surface area contributed by atoms with E-state index in [4.69, 9.17) is 5.10 Å². The third-order valence-electron chi connectivity index (χ3n) is 4.95. The zero-order valence-electron chi connectivity index (χ0n) is 14.9. The fourth-order valence-corrected chi connectivity index (χ4v) is 3.71. The molecule has 1 amide bonds. The molecule has 0 bridgehead atoms. The van der Waals surface area contributed by atoms with Crippen molar-refractivity contribution in [2.24, 2.45) is 7.05 Å². The van der Waals surface area contributed by atoms with Crippen molar-refractivity contribution in [1.29, 1.82) is 0 Å². The first-order valence-electron chi connectivity index (χ1n) is 9.04. The van der Waals surface area contributed by atoms with E-state index in [1.807, 2.05) is 65.3 Å². The molecule has 0 aliphatic carbocycles. The van der Waals surface area contributed by atoms with Crippen LogP contribution in [-0.2, 0) is 7.05 Å². The molecule has 3 aromatic rings. The molecule has 1 atom stereocenters. The number of hydrogen-bond donors (Lipinski definition) is 0. The number of carbonyl (C=O) groups excluding carboxylic acids is 1. The summed E-state index contributed by atoms with van der Waals surface area (Å²) in [5, 5.41) is 4.74. The summed E-state index contributed by atoms with van der Waals surface area (Å²) in [5.74, 6) is 0.0848. The molecule has 5 nitrogen and oxygen atoms in total. The first-order valence-corrected chi connectivity index (χ1v) is 9.04. The molecule has 5 heteroatoms. The lowest BCUT2D eigenvalue weighted by Gasteiger charge is -2.35. The number of hydrogen-bond acceptors (Lipinski definition) is 3. The summed E-state index contributed by atoms with van der Waals surface area (Å²) in [4.78, 5) is 19.2. The molecule has 1 aromatic carbocycles. The highest BCUT2D eigenvalue weighted by molar-refractivity contribution is 5.94. The Labute approximate surface area is 153 Å². The Kier molecular flexibility index (Phi) is 4.52. The van der Waals surface area contributed by atoms with Gasteiger partial charge in [-0.3, -0.25) is 14.5 Å². The molecule has 0 spiro atoms. The van der Waals surface area contributed by atoms with Crippen molar-refractivity contribution in [3.8, 4) is 11.1 Å². The zero-order valence-corrected chi connectivity index (χ0v) is 14.9. The predicted molar refractivity (Wildman–Crippen MR) is 101 cm³/mol. The van der Waals surface area contributed by atoms with Crippen molar-refractivity contribution in [1.82, 2.24) is 19.7 Å². The van der Waals surface area contributed by atoms with Crippen LogP contribution in [0.3, 0.4) is 0 Å². The van der Waals surface area contributed by atoms with Gasteiger partial charge in [0, 0.05) is 43.3 Å². The van der Waals surface area contributed by atoms with E-state index in [0.717, 1.165) is 48.2 Å². The molecule has 1 unspecified atom stereocenters. The molecule has 26 heavy (non-hydrogen) atoms. The van der Waals surface area contributed by atoms with Gasteiger partial charge in [0.25, 0.3) is 5.91 Å². The summed E-state index contributed by atoms with van der Waals surface area (Å²) in [7, 11) is 1.93. The van der Waals surface area contributed by atoms with Crippen LogP contribution in [0.15, 0.2) is 61.1 Å². The fourth-order valence-electron chi connectivity index (χ4n) is 3.71. The molecule has 0 saturated carbocycles. The van der Waals surface area contributed by atoms with Gasteiger partial charge in [0.1, 0.15) is 0 Å². The summed E-state index contributed by atoms with van der Waals surface area (Å²) < 4.78 is 1.84. The minimum absolute atomic E-state index is 0.000761. The van der Waals surface area contributed by atoms with Crippen LogP contribution in [0.5, 0.6) is 0 Å². The van der Waals surface area contributed by atoms with Crippen LogP contribution in [0.2, 0.25) is 0 Å². The van der Waals surface area contributed by atoms with Gasteiger partial charge in [-0.2, -0.15) is 5.10 Å². The lowest BCUT2D eigenvalue weighted by atomic mass is 9.94. The van der Waals surface area contributed by atoms with E-state index in [9.17, 15) is 4.79 Å². The second kappa shape index (κ2) is 7.12. The third kappa shape index (κ3) is 3.12. The Bertz CT molecular complexity index is 889. The number of rotatable bonds is 3. The van der Waals surface area contributed by atoms with E-state index < -0.39 is 0 Å². The van der Waals surface area contributed by atoms with Gasteiger partial charge in [-0.1, -0.05) is 18.2 Å². The van der Waals surface area contributed by atoms with Crippen LogP contribution in [0.4, 0.5) is 0 Å². The number of pyridine rings is 1. The molecule has 4 rings (SSSR count). The van der Waals surface area contributed by atoms with Crippen LogP contribution < -0.4 is 0 Å². The van der Waals surface area contributed by atoms with Crippen molar-refractivity contribution in [2.75, 3.05) is 6.54 Å². The van der Waals surface area contributed by atoms with Crippen LogP contribution >= 0.6 is 0 Å². The smallest absolute Gasteiger partial charge is 0.254 e. The van der Waals surface area contributed by atoms with E-state index in [1.54, 1.807) is 12.4 Å². The summed E-state index contributed by atoms with van der Waals surface area (Å²) in [6.45, 7) is 0.769. The Morgan fingerprint density at radius 2 is 1.85 bits per heavy atom. The topological polar surface area (TPSA) is 51.0 Å². The van der Waals surface area contributed by atoms with Gasteiger partial charge < -0.3 is 4.90 Å². The van der Waals surface area contributed by atoms with Gasteiger partial charge in [-0.25, -0.2) is 0 Å². The SMILES string of the molecule is Cn1cc(-c2ccncc2)c(C2CCCCN2C(=O)c2ccccc2)n1. The van der Waals surface area contributed by atoms with Crippen molar-refractivity contribution in [3.63, 3.8) is 0 Å². The van der Waals surface area contributed by atoms with Gasteiger partial charge in [0.05, 0.1) is 11.7 Å². The Morgan fingerprint density at radius 1 is 1.08 bits per heavy atom. The highest BCUT2D eigenvalue weighted by Gasteiger charge is 2.32. The zero-order chi connectivity index (χ0) is 17.9. The van der Waals surface area contributed by atoms with Crippen LogP contribution in [0.1, 0.15) is 41.4 Å². The number of amides is 1. The quantitative estimate of drug-likeness (QED) is 0.724. The second-order valence-corrected chi connectivity index (χ2v) is 6.71. The van der Waals surface area contributed by atoms with Gasteiger partial charge in [0.15, 0.2) is 0 Å². The molecule has 132 valence electrons. The average molecular weight is 346 g/mol. The van der Waals surface area contributed by atoms with Crippen molar-refractivity contribution < 1.29 is 4.79 Å². The number of aryl methyl sites for hydroxylation is 1. The average Bonchev–Trinajstić information content (AvgIpc) is 3.10. The molecule has 3 heterocycles. The maximum absolute atomic E-state index is 13.1. The fraction of sp³-hybridized carbons (Fsp3) is 0.286. The molecular formula is C21H22N4O. The van der Waals surface area contributed by atoms with E-state index in [1.165, 1.54) is 0 Å². The molecule has 1 aliphatic heterocycles. The largest absolute Gasteiger partial charge is 0.330 e. The Morgan fingerprint density at radius 3 is 2.62 bits per heavy atom. The Balaban J connectivity index is 1.73. The highest BCUT2D eigenvalue weighted by Crippen LogP contribution is 2.36. The summed E-state index contributed by atoms with van der Waals surface area (Å²) >= 11 is 0. The van der Waals surface area contributed by atoms with E-state index in [2.05, 4.69) is 4.98 Å². The number of likely N-dealkylation sites (tertiary alicyclic amines) is 1. The monoisotopic (exact) mass is 346 g/mol. The minimum Gasteiger partial charge on any atom is -0.330 e. The number of nitrogens with zero attached hydrogens (tertiary/aromatic N) is 4. The second-order valence-electron chi connectivity index (χ2n) is 6.71. The molecule has 0 radical (unpaired) electrons. The van der Waals surface area contributed by atoms with Crippen LogP contribution in [-0.4, -0.2) is 32.1 Å². The van der Waals surface area contributed by atoms with Crippen molar-refractivity contribution in [3.05, 3.63) is 72.3 Å². The number of carbonyl (C=O) groups is 1. The number of aromatic nitrogens is 3. The van der Waals surface area contributed by atoms with Crippen LogP contribution in [0, 0.1) is 0 Å². The predicted octanol–water partition coefficient (Wildman–Crippen LogP) is 3.85. The molecule has 1 fully saturated rings. The molecule has 2 aromatic heterocycles. The van der Waals surface area contributed by atoms with E-state index >= 15 is 0 Å². The normalized spacial score (nSPS) is 17.3. The van der Waals surface area contributed by atoms with Gasteiger partial charge in [0.2, 0.25) is 0 Å². The third-order valence-corrected chi connectivity index (χ3v) is 4.95. The molecule has 1 aliphatic rings. The number of piperidine rings is 1. The van der Waals surface area contributed by atoms with Gasteiger partial charge in [-0.15, -0.1) is 0 Å². The Hall–Kier alpha value is -2.95. The van der Waals surface area contributed by atoms with Gasteiger partial charge in [-0.05, 0) is 49.1 Å². The summed E-state index contributed by atoms with van der Waals surface area (Å²) in [5.41, 5.74) is 3.87. The first kappa shape index (κ1) is 16.5.